The summed E-state index contributed by atoms with van der Waals surface area (Å²) in [5.41, 5.74) is 0.629. The van der Waals surface area contributed by atoms with Crippen LogP contribution in [0.25, 0.3) is 5.69 Å². The molecule has 0 radical (unpaired) electrons. The Morgan fingerprint density at radius 3 is 2.47 bits per heavy atom. The molecule has 4 rings (SSSR count). The lowest BCUT2D eigenvalue weighted by atomic mass is 9.98. The summed E-state index contributed by atoms with van der Waals surface area (Å²) >= 11 is 12.7. The number of aliphatic carboxylic acids is 1. The van der Waals surface area contributed by atoms with Crippen LogP contribution in [0.5, 0.6) is 0 Å². The van der Waals surface area contributed by atoms with Crippen LogP contribution in [0.1, 0.15) is 48.5 Å². The van der Waals surface area contributed by atoms with E-state index in [1.807, 2.05) is 0 Å². The quantitative estimate of drug-likeness (QED) is 0.569. The van der Waals surface area contributed by atoms with Gasteiger partial charge < -0.3 is 5.11 Å². The number of benzene rings is 2. The van der Waals surface area contributed by atoms with Gasteiger partial charge in [0.25, 0.3) is 0 Å². The Hall–Kier alpha value is -2.77. The fourth-order valence-electron chi connectivity index (χ4n) is 3.55. The first-order valence-electron chi connectivity index (χ1n) is 9.03. The predicted octanol–water partition coefficient (Wildman–Crippen LogP) is 5.56. The minimum Gasteiger partial charge on any atom is -0.481 e. The molecule has 1 aliphatic heterocycles. The Balaban J connectivity index is 2.11. The number of hydrogen-bond donors (Lipinski definition) is 1. The van der Waals surface area contributed by atoms with Crippen molar-refractivity contribution in [3.8, 4) is 5.69 Å². The number of hydrogen-bond acceptors (Lipinski definition) is 3. The summed E-state index contributed by atoms with van der Waals surface area (Å²) in [5, 5.41) is 9.75. The molecule has 5 nitrogen and oxygen atoms in total. The van der Waals surface area contributed by atoms with Gasteiger partial charge in [-0.25, -0.2) is 13.8 Å². The first-order valence-corrected chi connectivity index (χ1v) is 9.79. The van der Waals surface area contributed by atoms with E-state index >= 15 is 0 Å². The number of rotatable bonds is 3. The van der Waals surface area contributed by atoms with Crippen LogP contribution in [-0.4, -0.2) is 26.3 Å². The van der Waals surface area contributed by atoms with E-state index in [0.717, 1.165) is 12.1 Å². The lowest BCUT2D eigenvalue weighted by Gasteiger charge is -2.18. The third-order valence-electron chi connectivity index (χ3n) is 5.08. The molecule has 1 aromatic heterocycles. The van der Waals surface area contributed by atoms with E-state index in [2.05, 4.69) is 9.98 Å². The van der Waals surface area contributed by atoms with Gasteiger partial charge in [-0.3, -0.25) is 14.4 Å². The van der Waals surface area contributed by atoms with Crippen LogP contribution in [0.15, 0.2) is 41.5 Å². The molecule has 0 fully saturated rings. The number of carboxylic acid groups (broad SMARTS) is 1. The fourth-order valence-corrected chi connectivity index (χ4v) is 3.96. The second kappa shape index (κ2) is 7.49. The van der Waals surface area contributed by atoms with Gasteiger partial charge in [-0.2, -0.15) is 0 Å². The highest BCUT2D eigenvalue weighted by atomic mass is 35.5. The standard InChI is InChI=1S/C21H15Cl2F2N3O2/c1-9(21(29)30)15-8-26-20-10(2)27-19(16-12(24)4-3-5-13(16)25)17-14(28(15)20)7-6-11(22)18(17)23/h3-10H,1-2H3,(H,29,30). The van der Waals surface area contributed by atoms with E-state index in [1.54, 1.807) is 17.6 Å². The maximum absolute atomic E-state index is 14.7. The average molecular weight is 450 g/mol. The predicted molar refractivity (Wildman–Crippen MR) is 110 cm³/mol. The van der Waals surface area contributed by atoms with Gasteiger partial charge in [0, 0.05) is 11.8 Å². The molecule has 2 heterocycles. The van der Waals surface area contributed by atoms with Crippen molar-refractivity contribution in [1.29, 1.82) is 0 Å². The molecule has 1 N–H and O–H groups in total. The minimum atomic E-state index is -1.04. The molecule has 0 amide bonds. The van der Waals surface area contributed by atoms with Gasteiger partial charge >= 0.3 is 5.97 Å². The summed E-state index contributed by atoms with van der Waals surface area (Å²) in [4.78, 5) is 20.5. The summed E-state index contributed by atoms with van der Waals surface area (Å²) in [6.07, 6.45) is 1.46. The number of carbonyl (C=O) groups is 1. The molecule has 154 valence electrons. The summed E-state index contributed by atoms with van der Waals surface area (Å²) in [6.45, 7) is 3.23. The van der Waals surface area contributed by atoms with Gasteiger partial charge in [-0.05, 0) is 38.1 Å². The summed E-state index contributed by atoms with van der Waals surface area (Å²) in [6, 6.07) is 6.02. The van der Waals surface area contributed by atoms with Gasteiger partial charge in [-0.15, -0.1) is 0 Å². The Bertz CT molecular complexity index is 1200. The highest BCUT2D eigenvalue weighted by Crippen LogP contribution is 2.39. The molecular formula is C21H15Cl2F2N3O2. The second-order valence-electron chi connectivity index (χ2n) is 6.94. The van der Waals surface area contributed by atoms with Crippen LogP contribution >= 0.6 is 23.2 Å². The third kappa shape index (κ3) is 3.09. The van der Waals surface area contributed by atoms with E-state index in [0.29, 0.717) is 17.2 Å². The first kappa shape index (κ1) is 20.5. The second-order valence-corrected chi connectivity index (χ2v) is 7.73. The van der Waals surface area contributed by atoms with Crippen molar-refractivity contribution < 1.29 is 18.7 Å². The molecule has 0 saturated carbocycles. The summed E-state index contributed by atoms with van der Waals surface area (Å²) in [7, 11) is 0. The molecule has 2 aromatic carbocycles. The highest BCUT2D eigenvalue weighted by molar-refractivity contribution is 6.45. The SMILES string of the molecule is CC1N=C(c2c(F)cccc2F)c2c(ccc(Cl)c2Cl)-n2c(C(C)C(=O)O)cnc21. The lowest BCUT2D eigenvalue weighted by Crippen LogP contribution is -2.16. The van der Waals surface area contributed by atoms with Crippen molar-refractivity contribution in [2.24, 2.45) is 4.99 Å². The number of nitrogens with zero attached hydrogens (tertiary/aromatic N) is 3. The minimum absolute atomic E-state index is 0.0139. The number of imidazole rings is 1. The molecule has 2 atom stereocenters. The van der Waals surface area contributed by atoms with Crippen LogP contribution in [-0.2, 0) is 4.79 Å². The first-order chi connectivity index (χ1) is 14.2. The van der Waals surface area contributed by atoms with Crippen molar-refractivity contribution >= 4 is 34.9 Å². The Morgan fingerprint density at radius 2 is 1.83 bits per heavy atom. The molecule has 3 aromatic rings. The lowest BCUT2D eigenvalue weighted by molar-refractivity contribution is -0.138. The molecule has 0 aliphatic carbocycles. The molecule has 0 bridgehead atoms. The zero-order valence-corrected chi connectivity index (χ0v) is 17.3. The maximum atomic E-state index is 14.7. The highest BCUT2D eigenvalue weighted by Gasteiger charge is 2.32. The Morgan fingerprint density at radius 1 is 1.17 bits per heavy atom. The monoisotopic (exact) mass is 449 g/mol. The van der Waals surface area contributed by atoms with Crippen molar-refractivity contribution in [2.75, 3.05) is 0 Å². The van der Waals surface area contributed by atoms with Crippen LogP contribution < -0.4 is 0 Å². The van der Waals surface area contributed by atoms with Crippen molar-refractivity contribution in [3.05, 3.63) is 80.9 Å². The van der Waals surface area contributed by atoms with E-state index in [4.69, 9.17) is 23.2 Å². The summed E-state index contributed by atoms with van der Waals surface area (Å²) in [5.74, 6) is -3.13. The number of carboxylic acids is 1. The number of halogens is 4. The zero-order valence-electron chi connectivity index (χ0n) is 15.8. The van der Waals surface area contributed by atoms with Gasteiger partial charge in [0.1, 0.15) is 23.5 Å². The Labute approximate surface area is 180 Å². The van der Waals surface area contributed by atoms with Crippen LogP contribution in [0.4, 0.5) is 8.78 Å². The van der Waals surface area contributed by atoms with Crippen LogP contribution in [0.3, 0.4) is 0 Å². The van der Waals surface area contributed by atoms with Gasteiger partial charge in [0.05, 0.1) is 38.6 Å². The Kier molecular flexibility index (Phi) is 5.11. The largest absolute Gasteiger partial charge is 0.481 e. The molecule has 1 aliphatic rings. The topological polar surface area (TPSA) is 67.5 Å². The van der Waals surface area contributed by atoms with Crippen molar-refractivity contribution in [1.82, 2.24) is 9.55 Å². The van der Waals surface area contributed by atoms with Crippen LogP contribution in [0.2, 0.25) is 10.0 Å². The molecule has 9 heteroatoms. The number of fused-ring (bicyclic) bond motifs is 3. The van der Waals surface area contributed by atoms with Crippen LogP contribution in [0, 0.1) is 11.6 Å². The average Bonchev–Trinajstić information content (AvgIpc) is 3.08. The van der Waals surface area contributed by atoms with Gasteiger partial charge in [0.2, 0.25) is 0 Å². The zero-order chi connectivity index (χ0) is 21.7. The number of aliphatic imine (C=N–C) groups is 1. The smallest absolute Gasteiger partial charge is 0.312 e. The van der Waals surface area contributed by atoms with E-state index in [9.17, 15) is 18.7 Å². The molecule has 2 unspecified atom stereocenters. The molecule has 0 saturated heterocycles. The van der Waals surface area contributed by atoms with E-state index < -0.39 is 29.6 Å². The normalized spacial score (nSPS) is 16.3. The third-order valence-corrected chi connectivity index (χ3v) is 5.88. The molecule has 30 heavy (non-hydrogen) atoms. The van der Waals surface area contributed by atoms with Crippen molar-refractivity contribution in [2.45, 2.75) is 25.8 Å². The fraction of sp³-hybridized carbons (Fsp3) is 0.190. The molecular weight excluding hydrogens is 435 g/mol. The van der Waals surface area contributed by atoms with Gasteiger partial charge in [0.15, 0.2) is 0 Å². The van der Waals surface area contributed by atoms with Crippen molar-refractivity contribution in [3.63, 3.8) is 0 Å². The molecule has 0 spiro atoms. The van der Waals surface area contributed by atoms with Gasteiger partial charge in [-0.1, -0.05) is 29.3 Å². The van der Waals surface area contributed by atoms with E-state index in [-0.39, 0.29) is 26.9 Å². The number of aromatic nitrogens is 2. The summed E-state index contributed by atoms with van der Waals surface area (Å²) < 4.78 is 31.0. The van der Waals surface area contributed by atoms with E-state index in [1.165, 1.54) is 25.3 Å². The maximum Gasteiger partial charge on any atom is 0.312 e.